The van der Waals surface area contributed by atoms with E-state index >= 15 is 0 Å². The highest BCUT2D eigenvalue weighted by Crippen LogP contribution is 2.14. The number of hydrogen-bond acceptors (Lipinski definition) is 2. The number of aromatic nitrogens is 1. The fourth-order valence-electron chi connectivity index (χ4n) is 1.64. The third-order valence-corrected chi connectivity index (χ3v) is 2.46. The van der Waals surface area contributed by atoms with Gasteiger partial charge in [0.1, 0.15) is 5.82 Å². The SMILES string of the molecule is CC.OCc1ccncc1Cc1cccc(F)c1. The second-order valence-electron chi connectivity index (χ2n) is 3.61. The van der Waals surface area contributed by atoms with Crippen LogP contribution >= 0.6 is 0 Å². The van der Waals surface area contributed by atoms with Gasteiger partial charge < -0.3 is 5.11 Å². The lowest BCUT2D eigenvalue weighted by atomic mass is 10.0. The van der Waals surface area contributed by atoms with Crippen molar-refractivity contribution in [2.24, 2.45) is 0 Å². The van der Waals surface area contributed by atoms with Crippen LogP contribution < -0.4 is 0 Å². The van der Waals surface area contributed by atoms with Gasteiger partial charge in [-0.2, -0.15) is 0 Å². The summed E-state index contributed by atoms with van der Waals surface area (Å²) in [6, 6.07) is 8.22. The lowest BCUT2D eigenvalue weighted by Crippen LogP contribution is -1.96. The Bertz CT molecular complexity index is 485. The van der Waals surface area contributed by atoms with Gasteiger partial charge in [0, 0.05) is 12.4 Å². The van der Waals surface area contributed by atoms with Crippen molar-refractivity contribution in [3.8, 4) is 0 Å². The number of nitrogens with zero attached hydrogens (tertiary/aromatic N) is 1. The molecular formula is C15H18FNO. The fourth-order valence-corrected chi connectivity index (χ4v) is 1.64. The third-order valence-electron chi connectivity index (χ3n) is 2.46. The van der Waals surface area contributed by atoms with Crippen molar-refractivity contribution >= 4 is 0 Å². The maximum absolute atomic E-state index is 13.0. The van der Waals surface area contributed by atoms with Crippen molar-refractivity contribution in [2.45, 2.75) is 26.9 Å². The second-order valence-corrected chi connectivity index (χ2v) is 3.61. The molecule has 3 heteroatoms. The highest BCUT2D eigenvalue weighted by molar-refractivity contribution is 5.30. The predicted octanol–water partition coefficient (Wildman–Crippen LogP) is 3.33. The van der Waals surface area contributed by atoms with E-state index in [2.05, 4.69) is 4.98 Å². The smallest absolute Gasteiger partial charge is 0.123 e. The zero-order chi connectivity index (χ0) is 13.4. The molecule has 0 atom stereocenters. The van der Waals surface area contributed by atoms with E-state index in [9.17, 15) is 4.39 Å². The summed E-state index contributed by atoms with van der Waals surface area (Å²) in [6.45, 7) is 3.98. The normalized spacial score (nSPS) is 9.56. The lowest BCUT2D eigenvalue weighted by Gasteiger charge is -2.06. The third kappa shape index (κ3) is 3.93. The van der Waals surface area contributed by atoms with E-state index in [0.29, 0.717) is 6.42 Å². The van der Waals surface area contributed by atoms with Gasteiger partial charge in [-0.1, -0.05) is 26.0 Å². The summed E-state index contributed by atoms with van der Waals surface area (Å²) >= 11 is 0. The zero-order valence-corrected chi connectivity index (χ0v) is 10.7. The molecule has 0 spiro atoms. The number of hydrogen-bond donors (Lipinski definition) is 1. The molecular weight excluding hydrogens is 229 g/mol. The Morgan fingerprint density at radius 2 is 1.94 bits per heavy atom. The summed E-state index contributed by atoms with van der Waals surface area (Å²) in [5.74, 6) is -0.244. The first-order valence-corrected chi connectivity index (χ1v) is 6.06. The van der Waals surface area contributed by atoms with Gasteiger partial charge >= 0.3 is 0 Å². The van der Waals surface area contributed by atoms with Gasteiger partial charge in [0.05, 0.1) is 6.61 Å². The molecule has 0 amide bonds. The van der Waals surface area contributed by atoms with Crippen molar-refractivity contribution in [3.63, 3.8) is 0 Å². The van der Waals surface area contributed by atoms with Crippen LogP contribution in [0.4, 0.5) is 4.39 Å². The molecule has 1 N–H and O–H groups in total. The molecule has 0 aliphatic carbocycles. The molecule has 0 saturated carbocycles. The Hall–Kier alpha value is -1.74. The molecule has 1 aromatic heterocycles. The second kappa shape index (κ2) is 7.56. The summed E-state index contributed by atoms with van der Waals surface area (Å²) in [5.41, 5.74) is 2.64. The average molecular weight is 247 g/mol. The van der Waals surface area contributed by atoms with Crippen LogP contribution in [0.2, 0.25) is 0 Å². The highest BCUT2D eigenvalue weighted by atomic mass is 19.1. The summed E-state index contributed by atoms with van der Waals surface area (Å²) in [7, 11) is 0. The molecule has 18 heavy (non-hydrogen) atoms. The van der Waals surface area contributed by atoms with E-state index in [-0.39, 0.29) is 12.4 Å². The molecule has 0 fully saturated rings. The average Bonchev–Trinajstić information content (AvgIpc) is 2.42. The van der Waals surface area contributed by atoms with Gasteiger partial charge in [-0.15, -0.1) is 0 Å². The largest absolute Gasteiger partial charge is 0.392 e. The van der Waals surface area contributed by atoms with Gasteiger partial charge in [-0.05, 0) is 41.3 Å². The Labute approximate surface area is 107 Å². The molecule has 0 saturated heterocycles. The van der Waals surface area contributed by atoms with Crippen LogP contribution in [0, 0.1) is 5.82 Å². The van der Waals surface area contributed by atoms with Gasteiger partial charge in [0.15, 0.2) is 0 Å². The molecule has 2 rings (SSSR count). The minimum atomic E-state index is -0.244. The van der Waals surface area contributed by atoms with Crippen molar-refractivity contribution in [2.75, 3.05) is 0 Å². The van der Waals surface area contributed by atoms with Crippen molar-refractivity contribution in [1.29, 1.82) is 0 Å². The van der Waals surface area contributed by atoms with Crippen molar-refractivity contribution in [3.05, 3.63) is 65.2 Å². The van der Waals surface area contributed by atoms with Gasteiger partial charge in [0.25, 0.3) is 0 Å². The quantitative estimate of drug-likeness (QED) is 0.902. The topological polar surface area (TPSA) is 33.1 Å². The monoisotopic (exact) mass is 247 g/mol. The van der Waals surface area contributed by atoms with Crippen LogP contribution in [0.3, 0.4) is 0 Å². The minimum absolute atomic E-state index is 0.0207. The van der Waals surface area contributed by atoms with Gasteiger partial charge in [-0.25, -0.2) is 4.39 Å². The lowest BCUT2D eigenvalue weighted by molar-refractivity contribution is 0.280. The summed E-state index contributed by atoms with van der Waals surface area (Å²) in [4.78, 5) is 4.01. The molecule has 0 aliphatic heterocycles. The van der Waals surface area contributed by atoms with E-state index in [0.717, 1.165) is 16.7 Å². The minimum Gasteiger partial charge on any atom is -0.392 e. The molecule has 2 aromatic rings. The molecule has 0 aliphatic rings. The molecule has 0 unspecified atom stereocenters. The summed E-state index contributed by atoms with van der Waals surface area (Å²) < 4.78 is 13.0. The predicted molar refractivity (Wildman–Crippen MR) is 70.7 cm³/mol. The number of rotatable bonds is 3. The first kappa shape index (κ1) is 14.3. The van der Waals surface area contributed by atoms with E-state index in [1.165, 1.54) is 12.1 Å². The Morgan fingerprint density at radius 3 is 2.61 bits per heavy atom. The zero-order valence-electron chi connectivity index (χ0n) is 10.7. The summed E-state index contributed by atoms with van der Waals surface area (Å²) in [5, 5.41) is 9.15. The molecule has 0 radical (unpaired) electrons. The van der Waals surface area contributed by atoms with Crippen LogP contribution in [0.25, 0.3) is 0 Å². The first-order valence-electron chi connectivity index (χ1n) is 6.06. The highest BCUT2D eigenvalue weighted by Gasteiger charge is 2.03. The van der Waals surface area contributed by atoms with Crippen LogP contribution in [0.15, 0.2) is 42.7 Å². The molecule has 1 aromatic carbocycles. The molecule has 96 valence electrons. The van der Waals surface area contributed by atoms with Crippen molar-refractivity contribution < 1.29 is 9.50 Å². The fraction of sp³-hybridized carbons (Fsp3) is 0.267. The number of halogens is 1. The number of aliphatic hydroxyl groups excluding tert-OH is 1. The molecule has 1 heterocycles. The van der Waals surface area contributed by atoms with Crippen molar-refractivity contribution in [1.82, 2.24) is 4.98 Å². The standard InChI is InChI=1S/C13H12FNO.C2H6/c14-13-3-1-2-10(7-13)6-12-8-15-5-4-11(12)9-16;1-2/h1-5,7-8,16H,6,9H2;1-2H3. The van der Waals surface area contributed by atoms with Gasteiger partial charge in [-0.3, -0.25) is 4.98 Å². The number of aliphatic hydroxyl groups is 1. The summed E-state index contributed by atoms with van der Waals surface area (Å²) in [6.07, 6.45) is 3.93. The van der Waals surface area contributed by atoms with Crippen LogP contribution in [0.1, 0.15) is 30.5 Å². The van der Waals surface area contributed by atoms with Crippen LogP contribution in [-0.4, -0.2) is 10.1 Å². The van der Waals surface area contributed by atoms with Crippen LogP contribution in [0.5, 0.6) is 0 Å². The Kier molecular flexibility index (Phi) is 6.01. The van der Waals surface area contributed by atoms with E-state index < -0.39 is 0 Å². The van der Waals surface area contributed by atoms with Gasteiger partial charge in [0.2, 0.25) is 0 Å². The van der Waals surface area contributed by atoms with E-state index in [1.807, 2.05) is 19.9 Å². The first-order chi connectivity index (χ1) is 8.79. The number of benzene rings is 1. The van der Waals surface area contributed by atoms with E-state index in [4.69, 9.17) is 5.11 Å². The van der Waals surface area contributed by atoms with Crippen LogP contribution in [-0.2, 0) is 13.0 Å². The Balaban J connectivity index is 0.000000771. The molecule has 0 bridgehead atoms. The Morgan fingerprint density at radius 1 is 1.17 bits per heavy atom. The van der Waals surface area contributed by atoms with E-state index in [1.54, 1.807) is 24.5 Å². The number of pyridine rings is 1. The molecule has 2 nitrogen and oxygen atoms in total. The maximum Gasteiger partial charge on any atom is 0.123 e. The maximum atomic E-state index is 13.0.